The van der Waals surface area contributed by atoms with Gasteiger partial charge in [0.1, 0.15) is 30.2 Å². The minimum Gasteiger partial charge on any atom is -0.491 e. The first-order chi connectivity index (χ1) is 23.3. The highest BCUT2D eigenvalue weighted by Gasteiger charge is 2.50. The zero-order valence-corrected chi connectivity index (χ0v) is 35.2. The summed E-state index contributed by atoms with van der Waals surface area (Å²) in [7, 11) is -4.51. The molecule has 50 heavy (non-hydrogen) atoms. The summed E-state index contributed by atoms with van der Waals surface area (Å²) >= 11 is 0. The number of nitrogens with one attached hydrogen (secondary N) is 1. The van der Waals surface area contributed by atoms with E-state index in [0.717, 1.165) is 22.6 Å². The standard InChI is InChI=1S/C38H68N2O8Si2/c1-22(2)46-30-17-15-29(16-18-30)19-31-32(20-44-49(23(3)4,24(5)6)25(7)8)39-40-37(31)48-38-36(43)35(42)34(41)33(47-38)21-45-50(26(9)10,27(11)12)28(13)14/h15-18,22-28,33-36,38,41-43H,19-21H2,1-14H3,(H,39,40)/t33-,34-,35+,36-,38+/m1/s1. The lowest BCUT2D eigenvalue weighted by atomic mass is 9.99. The van der Waals surface area contributed by atoms with Crippen LogP contribution in [0, 0.1) is 0 Å². The van der Waals surface area contributed by atoms with E-state index in [0.29, 0.717) is 46.3 Å². The number of benzene rings is 1. The molecule has 0 unspecified atom stereocenters. The van der Waals surface area contributed by atoms with E-state index in [-0.39, 0.29) is 18.6 Å². The second-order valence-corrected chi connectivity index (χ2v) is 27.3. The van der Waals surface area contributed by atoms with Crippen LogP contribution in [0.3, 0.4) is 0 Å². The minimum absolute atomic E-state index is 0.0654. The maximum absolute atomic E-state index is 11.1. The Morgan fingerprint density at radius 2 is 1.20 bits per heavy atom. The maximum atomic E-state index is 11.1. The molecule has 2 heterocycles. The number of aromatic nitrogens is 2. The van der Waals surface area contributed by atoms with Crippen molar-refractivity contribution in [1.82, 2.24) is 10.2 Å². The fourth-order valence-corrected chi connectivity index (χ4v) is 19.5. The Labute approximate surface area is 303 Å². The number of aromatic amines is 1. The number of ether oxygens (including phenoxy) is 3. The number of aliphatic hydroxyl groups is 3. The maximum Gasteiger partial charge on any atom is 0.238 e. The summed E-state index contributed by atoms with van der Waals surface area (Å²) in [6.45, 7) is 31.1. The minimum atomic E-state index is -2.30. The molecule has 1 aromatic heterocycles. The van der Waals surface area contributed by atoms with E-state index in [1.54, 1.807) is 0 Å². The summed E-state index contributed by atoms with van der Waals surface area (Å²) in [4.78, 5) is 0. The average molecular weight is 737 g/mol. The summed E-state index contributed by atoms with van der Waals surface area (Å²) < 4.78 is 32.1. The van der Waals surface area contributed by atoms with E-state index in [1.807, 2.05) is 38.1 Å². The van der Waals surface area contributed by atoms with Gasteiger partial charge in [-0.2, -0.15) is 0 Å². The molecule has 0 amide bonds. The summed E-state index contributed by atoms with van der Waals surface area (Å²) in [5, 5.41) is 40.8. The summed E-state index contributed by atoms with van der Waals surface area (Å²) in [5.74, 6) is 1.04. The van der Waals surface area contributed by atoms with Gasteiger partial charge in [0.2, 0.25) is 20.5 Å². The third kappa shape index (κ3) is 9.23. The zero-order chi connectivity index (χ0) is 37.7. The molecule has 0 bridgehead atoms. The summed E-state index contributed by atoms with van der Waals surface area (Å²) in [6.07, 6.45) is -6.02. The molecule has 1 aromatic carbocycles. The quantitative estimate of drug-likeness (QED) is 0.113. The lowest BCUT2D eigenvalue weighted by Gasteiger charge is -2.45. The van der Waals surface area contributed by atoms with Gasteiger partial charge in [-0.05, 0) is 64.8 Å². The van der Waals surface area contributed by atoms with E-state index in [2.05, 4.69) is 93.3 Å². The number of rotatable bonds is 18. The van der Waals surface area contributed by atoms with Crippen molar-refractivity contribution in [2.45, 2.75) is 180 Å². The molecule has 0 radical (unpaired) electrons. The fraction of sp³-hybridized carbons (Fsp3) is 0.763. The molecule has 1 fully saturated rings. The van der Waals surface area contributed by atoms with Crippen molar-refractivity contribution in [2.24, 2.45) is 0 Å². The Morgan fingerprint density at radius 3 is 1.68 bits per heavy atom. The van der Waals surface area contributed by atoms with Gasteiger partial charge in [0, 0.05) is 12.0 Å². The summed E-state index contributed by atoms with van der Waals surface area (Å²) in [6, 6.07) is 7.93. The Kier molecular flexibility index (Phi) is 15.2. The number of H-pyrrole nitrogens is 1. The normalized spacial score (nSPS) is 22.3. The molecule has 10 nitrogen and oxygen atoms in total. The lowest BCUT2D eigenvalue weighted by Crippen LogP contribution is -2.61. The fourth-order valence-electron chi connectivity index (χ4n) is 8.63. The molecule has 1 aliphatic heterocycles. The highest BCUT2D eigenvalue weighted by atomic mass is 28.4. The van der Waals surface area contributed by atoms with Gasteiger partial charge in [0.05, 0.1) is 25.0 Å². The van der Waals surface area contributed by atoms with Gasteiger partial charge in [0.15, 0.2) is 8.32 Å². The van der Waals surface area contributed by atoms with Crippen LogP contribution in [0.15, 0.2) is 24.3 Å². The van der Waals surface area contributed by atoms with Gasteiger partial charge >= 0.3 is 0 Å². The first-order valence-electron chi connectivity index (χ1n) is 18.7. The van der Waals surface area contributed by atoms with E-state index >= 15 is 0 Å². The summed E-state index contributed by atoms with van der Waals surface area (Å²) in [5.41, 5.74) is 4.76. The average Bonchev–Trinajstić information content (AvgIpc) is 3.38. The molecule has 5 atom stereocenters. The number of hydrogen-bond acceptors (Lipinski definition) is 9. The van der Waals surface area contributed by atoms with Crippen molar-refractivity contribution >= 4 is 16.6 Å². The first-order valence-corrected chi connectivity index (χ1v) is 23.0. The topological polar surface area (TPSA) is 136 Å². The lowest BCUT2D eigenvalue weighted by molar-refractivity contribution is -0.277. The third-order valence-electron chi connectivity index (χ3n) is 10.9. The third-order valence-corrected chi connectivity index (χ3v) is 23.0. The van der Waals surface area contributed by atoms with Crippen LogP contribution < -0.4 is 9.47 Å². The van der Waals surface area contributed by atoms with Crippen LogP contribution >= 0.6 is 0 Å². The van der Waals surface area contributed by atoms with E-state index in [4.69, 9.17) is 23.1 Å². The highest BCUT2D eigenvalue weighted by molar-refractivity contribution is 6.78. The molecule has 4 N–H and O–H groups in total. The predicted octanol–water partition coefficient (Wildman–Crippen LogP) is 7.86. The highest BCUT2D eigenvalue weighted by Crippen LogP contribution is 2.44. The SMILES string of the molecule is CC(C)Oc1ccc(Cc2c(O[C@@H]3O[C@H](CO[Si](C(C)C)(C(C)C)C(C)C)[C@@H](O)[C@H](O)[C@H]3O)n[nH]c2CO[Si](C(C)C)(C(C)C)C(C)C)cc1. The van der Waals surface area contributed by atoms with Crippen LogP contribution in [0.25, 0.3) is 0 Å². The van der Waals surface area contributed by atoms with Gasteiger partial charge < -0.3 is 38.4 Å². The first kappa shape index (κ1) is 42.6. The monoisotopic (exact) mass is 736 g/mol. The van der Waals surface area contributed by atoms with Crippen LogP contribution in [0.4, 0.5) is 0 Å². The van der Waals surface area contributed by atoms with Gasteiger partial charge in [-0.15, -0.1) is 5.10 Å². The number of aliphatic hydroxyl groups excluding tert-OH is 3. The van der Waals surface area contributed by atoms with E-state index in [1.165, 1.54) is 0 Å². The molecule has 2 aromatic rings. The Morgan fingerprint density at radius 1 is 0.700 bits per heavy atom. The second-order valence-electron chi connectivity index (χ2n) is 16.3. The molecular formula is C38H68N2O8Si2. The Balaban J connectivity index is 1.96. The molecule has 0 spiro atoms. The molecule has 0 saturated carbocycles. The molecule has 1 aliphatic rings. The van der Waals surface area contributed by atoms with Gasteiger partial charge in [-0.3, -0.25) is 5.10 Å². The van der Waals surface area contributed by atoms with Crippen molar-refractivity contribution in [2.75, 3.05) is 6.61 Å². The second kappa shape index (κ2) is 17.8. The molecule has 12 heteroatoms. The molecule has 3 rings (SSSR count). The predicted molar refractivity (Wildman–Crippen MR) is 204 cm³/mol. The van der Waals surface area contributed by atoms with Crippen molar-refractivity contribution in [1.29, 1.82) is 0 Å². The number of hydrogen-bond donors (Lipinski definition) is 4. The van der Waals surface area contributed by atoms with Crippen molar-refractivity contribution in [3.8, 4) is 11.6 Å². The van der Waals surface area contributed by atoms with Crippen LogP contribution in [0.1, 0.15) is 114 Å². The smallest absolute Gasteiger partial charge is 0.238 e. The van der Waals surface area contributed by atoms with Crippen LogP contribution in [0.2, 0.25) is 33.2 Å². The zero-order valence-electron chi connectivity index (χ0n) is 33.2. The van der Waals surface area contributed by atoms with Crippen LogP contribution in [-0.4, -0.2) is 85.6 Å². The Bertz CT molecular complexity index is 1270. The largest absolute Gasteiger partial charge is 0.491 e. The van der Waals surface area contributed by atoms with E-state index in [9.17, 15) is 15.3 Å². The van der Waals surface area contributed by atoms with Crippen LogP contribution in [-0.2, 0) is 26.6 Å². The number of nitrogens with zero attached hydrogens (tertiary/aromatic N) is 1. The molecular weight excluding hydrogens is 669 g/mol. The van der Waals surface area contributed by atoms with Crippen molar-refractivity contribution in [3.63, 3.8) is 0 Å². The van der Waals surface area contributed by atoms with E-state index < -0.39 is 47.3 Å². The van der Waals surface area contributed by atoms with Gasteiger partial charge in [0.25, 0.3) is 0 Å². The van der Waals surface area contributed by atoms with Gasteiger partial charge in [-0.25, -0.2) is 0 Å². The van der Waals surface area contributed by atoms with Crippen LogP contribution in [0.5, 0.6) is 11.6 Å². The molecule has 1 saturated heterocycles. The van der Waals surface area contributed by atoms with Crippen molar-refractivity contribution < 1.29 is 38.4 Å². The van der Waals surface area contributed by atoms with Gasteiger partial charge in [-0.1, -0.05) is 95.2 Å². The van der Waals surface area contributed by atoms with Crippen molar-refractivity contribution in [3.05, 3.63) is 41.1 Å². The molecule has 0 aliphatic carbocycles. The Hall–Kier alpha value is -1.78. The molecule has 286 valence electrons.